The second kappa shape index (κ2) is 7.16. The number of morpholine rings is 1. The molecule has 1 saturated carbocycles. The van der Waals surface area contributed by atoms with Crippen molar-refractivity contribution in [2.45, 2.75) is 43.6 Å². The average Bonchev–Trinajstić information content (AvgIpc) is 3.31. The molecule has 2 atom stereocenters. The summed E-state index contributed by atoms with van der Waals surface area (Å²) < 4.78 is 13.8. The van der Waals surface area contributed by atoms with Gasteiger partial charge in [-0.15, -0.1) is 0 Å². The van der Waals surface area contributed by atoms with E-state index in [0.29, 0.717) is 5.95 Å². The highest BCUT2D eigenvalue weighted by Gasteiger charge is 2.51. The Morgan fingerprint density at radius 3 is 2.72 bits per heavy atom. The number of epoxide rings is 1. The van der Waals surface area contributed by atoms with Gasteiger partial charge in [-0.1, -0.05) is 12.8 Å². The third kappa shape index (κ3) is 3.01. The van der Waals surface area contributed by atoms with Crippen molar-refractivity contribution in [2.75, 3.05) is 43.1 Å². The van der Waals surface area contributed by atoms with Crippen molar-refractivity contribution in [3.05, 3.63) is 42.2 Å². The van der Waals surface area contributed by atoms with Gasteiger partial charge >= 0.3 is 0 Å². The summed E-state index contributed by atoms with van der Waals surface area (Å²) in [6.45, 7) is 4.40. The maximum absolute atomic E-state index is 5.90. The zero-order valence-electron chi connectivity index (χ0n) is 18.1. The standard InChI is InChI=1S/C24H28N6O2/c1-2-8-24(7-1)15-26-22-20(32-22)19-13-16-14-25-23(28-21(16)30(19)24)27-17-3-5-18(6-4-17)29-9-11-31-12-10-29/h3-6,13-14,20,22,26H,1-2,7-12,15H2,(H,25,27,28). The van der Waals surface area contributed by atoms with Gasteiger partial charge in [-0.2, -0.15) is 4.98 Å². The lowest BCUT2D eigenvalue weighted by atomic mass is 9.97. The molecule has 3 aliphatic heterocycles. The smallest absolute Gasteiger partial charge is 0.229 e. The highest BCUT2D eigenvalue weighted by atomic mass is 16.6. The van der Waals surface area contributed by atoms with Gasteiger partial charge in [0.2, 0.25) is 5.95 Å². The van der Waals surface area contributed by atoms with Crippen molar-refractivity contribution in [1.82, 2.24) is 19.9 Å². The Morgan fingerprint density at radius 2 is 1.91 bits per heavy atom. The largest absolute Gasteiger partial charge is 0.378 e. The van der Waals surface area contributed by atoms with Crippen LogP contribution in [0.5, 0.6) is 0 Å². The molecule has 4 aliphatic rings. The fourth-order valence-corrected chi connectivity index (χ4v) is 5.78. The minimum Gasteiger partial charge on any atom is -0.378 e. The first kappa shape index (κ1) is 18.8. The SMILES string of the molecule is c1cc(N2CCOCC2)ccc1Nc1ncc2cc3n(c2n1)C1(CCCC1)CNC1OC31. The van der Waals surface area contributed by atoms with Crippen LogP contribution in [-0.2, 0) is 15.0 Å². The van der Waals surface area contributed by atoms with Crippen molar-refractivity contribution in [1.29, 1.82) is 0 Å². The topological polar surface area (TPSA) is 79.8 Å². The van der Waals surface area contributed by atoms with Crippen LogP contribution in [0.15, 0.2) is 36.5 Å². The fourth-order valence-electron chi connectivity index (χ4n) is 5.78. The van der Waals surface area contributed by atoms with Gasteiger partial charge in [0.1, 0.15) is 18.0 Å². The molecule has 0 radical (unpaired) electrons. The van der Waals surface area contributed by atoms with Crippen LogP contribution >= 0.6 is 0 Å². The van der Waals surface area contributed by atoms with E-state index in [4.69, 9.17) is 14.5 Å². The van der Waals surface area contributed by atoms with Crippen molar-refractivity contribution < 1.29 is 9.47 Å². The second-order valence-electron chi connectivity index (χ2n) is 9.44. The third-order valence-electron chi connectivity index (χ3n) is 7.49. The highest BCUT2D eigenvalue weighted by molar-refractivity contribution is 5.79. The monoisotopic (exact) mass is 432 g/mol. The van der Waals surface area contributed by atoms with Crippen molar-refractivity contribution in [3.8, 4) is 0 Å². The molecule has 5 heterocycles. The number of rotatable bonds is 3. The summed E-state index contributed by atoms with van der Waals surface area (Å²) >= 11 is 0. The van der Waals surface area contributed by atoms with E-state index in [1.165, 1.54) is 37.1 Å². The molecule has 3 aromatic rings. The number of nitrogens with one attached hydrogen (secondary N) is 2. The Labute approximate surface area is 186 Å². The number of nitrogens with zero attached hydrogens (tertiary/aromatic N) is 4. The second-order valence-corrected chi connectivity index (χ2v) is 9.44. The van der Waals surface area contributed by atoms with E-state index >= 15 is 0 Å². The van der Waals surface area contributed by atoms with Crippen LogP contribution in [0.4, 0.5) is 17.3 Å². The van der Waals surface area contributed by atoms with Crippen LogP contribution in [0.2, 0.25) is 0 Å². The van der Waals surface area contributed by atoms with Gasteiger partial charge in [0.05, 0.1) is 24.4 Å². The predicted octanol–water partition coefficient (Wildman–Crippen LogP) is 3.28. The summed E-state index contributed by atoms with van der Waals surface area (Å²) in [5.74, 6) is 0.635. The first-order valence-electron chi connectivity index (χ1n) is 11.8. The molecule has 2 aromatic heterocycles. The molecule has 8 heteroatoms. The molecule has 2 N–H and O–H groups in total. The van der Waals surface area contributed by atoms with Gasteiger partial charge in [-0.05, 0) is 43.2 Å². The van der Waals surface area contributed by atoms with Crippen molar-refractivity contribution in [2.24, 2.45) is 0 Å². The molecule has 1 spiro atoms. The van der Waals surface area contributed by atoms with Crippen LogP contribution < -0.4 is 15.5 Å². The molecule has 2 unspecified atom stereocenters. The number of hydrogen-bond acceptors (Lipinski definition) is 7. The third-order valence-corrected chi connectivity index (χ3v) is 7.49. The molecule has 2 saturated heterocycles. The summed E-state index contributed by atoms with van der Waals surface area (Å²) in [5, 5.41) is 8.13. The van der Waals surface area contributed by atoms with Crippen molar-refractivity contribution >= 4 is 28.4 Å². The molecule has 1 aliphatic carbocycles. The summed E-state index contributed by atoms with van der Waals surface area (Å²) in [6.07, 6.45) is 7.13. The fraction of sp³-hybridized carbons (Fsp3) is 0.500. The Hall–Kier alpha value is -2.68. The predicted molar refractivity (Wildman–Crippen MR) is 122 cm³/mol. The Balaban J connectivity index is 1.21. The minimum absolute atomic E-state index is 0.0965. The number of hydrogen-bond donors (Lipinski definition) is 2. The van der Waals surface area contributed by atoms with E-state index in [0.717, 1.165) is 49.6 Å². The zero-order valence-corrected chi connectivity index (χ0v) is 18.1. The molecular formula is C24H28N6O2. The van der Waals surface area contributed by atoms with Gasteiger partial charge in [-0.25, -0.2) is 4.98 Å². The quantitative estimate of drug-likeness (QED) is 0.615. The molecule has 166 valence electrons. The van der Waals surface area contributed by atoms with E-state index in [1.807, 2.05) is 6.20 Å². The summed E-state index contributed by atoms with van der Waals surface area (Å²) in [4.78, 5) is 12.0. The molecular weight excluding hydrogens is 404 g/mol. The Morgan fingerprint density at radius 1 is 1.09 bits per heavy atom. The maximum atomic E-state index is 5.90. The maximum Gasteiger partial charge on any atom is 0.229 e. The van der Waals surface area contributed by atoms with Crippen LogP contribution in [-0.4, -0.2) is 53.6 Å². The normalized spacial score (nSPS) is 26.1. The Kier molecular flexibility index (Phi) is 4.22. The molecule has 0 bridgehead atoms. The summed E-state index contributed by atoms with van der Waals surface area (Å²) in [6, 6.07) is 10.7. The van der Waals surface area contributed by atoms with Gasteiger partial charge in [0, 0.05) is 42.6 Å². The van der Waals surface area contributed by atoms with E-state index < -0.39 is 0 Å². The van der Waals surface area contributed by atoms with E-state index in [-0.39, 0.29) is 17.9 Å². The van der Waals surface area contributed by atoms with Crippen LogP contribution in [0.3, 0.4) is 0 Å². The summed E-state index contributed by atoms with van der Waals surface area (Å²) in [5.41, 5.74) is 4.58. The van der Waals surface area contributed by atoms with Crippen LogP contribution in [0, 0.1) is 0 Å². The number of fused-ring (bicyclic) bond motifs is 6. The molecule has 32 heavy (non-hydrogen) atoms. The number of ether oxygens (including phenoxy) is 2. The Bertz CT molecular complexity index is 1150. The number of aromatic nitrogens is 3. The van der Waals surface area contributed by atoms with Gasteiger partial charge in [0.15, 0.2) is 0 Å². The first-order valence-corrected chi connectivity index (χ1v) is 11.8. The minimum atomic E-state index is 0.0965. The van der Waals surface area contributed by atoms with Gasteiger partial charge in [0.25, 0.3) is 0 Å². The molecule has 1 aromatic carbocycles. The lowest BCUT2D eigenvalue weighted by molar-refractivity contribution is 0.122. The molecule has 7 rings (SSSR count). The number of benzene rings is 1. The number of anilines is 3. The van der Waals surface area contributed by atoms with Gasteiger partial charge < -0.3 is 24.3 Å². The lowest BCUT2D eigenvalue weighted by Crippen LogP contribution is -2.41. The molecule has 3 fully saturated rings. The van der Waals surface area contributed by atoms with E-state index in [1.54, 1.807) is 0 Å². The molecule has 8 nitrogen and oxygen atoms in total. The van der Waals surface area contributed by atoms with E-state index in [9.17, 15) is 0 Å². The summed E-state index contributed by atoms with van der Waals surface area (Å²) in [7, 11) is 0. The average molecular weight is 433 g/mol. The van der Waals surface area contributed by atoms with Crippen LogP contribution in [0.25, 0.3) is 11.0 Å². The zero-order chi connectivity index (χ0) is 21.1. The lowest BCUT2D eigenvalue weighted by Gasteiger charge is -2.32. The van der Waals surface area contributed by atoms with Crippen molar-refractivity contribution in [3.63, 3.8) is 0 Å². The molecule has 0 amide bonds. The van der Waals surface area contributed by atoms with Gasteiger partial charge in [-0.3, -0.25) is 5.32 Å². The first-order chi connectivity index (χ1) is 15.8. The van der Waals surface area contributed by atoms with Crippen LogP contribution in [0.1, 0.15) is 37.5 Å². The van der Waals surface area contributed by atoms with E-state index in [2.05, 4.69) is 55.4 Å². The highest BCUT2D eigenvalue weighted by Crippen LogP contribution is 2.48.